The molecule has 36 heavy (non-hydrogen) atoms. The number of hydrogen-bond acceptors (Lipinski definition) is 6. The van der Waals surface area contributed by atoms with Crippen molar-refractivity contribution in [1.29, 1.82) is 0 Å². The number of alkyl halides is 6. The van der Waals surface area contributed by atoms with Crippen LogP contribution in [0.1, 0.15) is 17.1 Å². The maximum Gasteiger partial charge on any atom is 0.470 e. The second-order valence-corrected chi connectivity index (χ2v) is 9.39. The van der Waals surface area contributed by atoms with Crippen molar-refractivity contribution in [2.75, 3.05) is 29.5 Å². The summed E-state index contributed by atoms with van der Waals surface area (Å²) in [6.07, 6.45) is -9.53. The van der Waals surface area contributed by atoms with Crippen LogP contribution in [0.2, 0.25) is 0 Å². The molecule has 1 aliphatic rings. The number of anilines is 1. The number of urea groups is 1. The summed E-state index contributed by atoms with van der Waals surface area (Å²) in [5.74, 6) is -1.63. The number of nitrogens with zero attached hydrogens (tertiary/aromatic N) is 5. The summed E-state index contributed by atoms with van der Waals surface area (Å²) < 4.78 is 94.1. The lowest BCUT2D eigenvalue weighted by Gasteiger charge is -2.32. The predicted molar refractivity (Wildman–Crippen MR) is 115 cm³/mol. The average Bonchev–Trinajstić information content (AvgIpc) is 3.34. The van der Waals surface area contributed by atoms with Gasteiger partial charge in [0.1, 0.15) is 11.5 Å². The van der Waals surface area contributed by atoms with E-state index < -0.39 is 40.8 Å². The van der Waals surface area contributed by atoms with Crippen molar-refractivity contribution < 1.29 is 39.8 Å². The molecule has 2 amide bonds. The first kappa shape index (κ1) is 25.6. The molecule has 192 valence electrons. The van der Waals surface area contributed by atoms with E-state index in [1.165, 1.54) is 35.2 Å². The highest BCUT2D eigenvalue weighted by molar-refractivity contribution is 7.85. The largest absolute Gasteiger partial charge is 0.470 e. The minimum atomic E-state index is -4.80. The summed E-state index contributed by atoms with van der Waals surface area (Å²) in [6.45, 7) is 0.141. The Morgan fingerprint density at radius 1 is 0.972 bits per heavy atom. The van der Waals surface area contributed by atoms with E-state index in [0.29, 0.717) is 5.56 Å². The van der Waals surface area contributed by atoms with Crippen molar-refractivity contribution in [3.63, 3.8) is 0 Å². The van der Waals surface area contributed by atoms with E-state index >= 15 is 0 Å². The second-order valence-electron chi connectivity index (χ2n) is 7.69. The van der Waals surface area contributed by atoms with Crippen LogP contribution in [-0.4, -0.2) is 54.9 Å². The van der Waals surface area contributed by atoms with Crippen molar-refractivity contribution in [3.8, 4) is 11.5 Å². The Labute approximate surface area is 202 Å². The van der Waals surface area contributed by atoms with E-state index in [0.717, 1.165) is 17.0 Å². The first-order chi connectivity index (χ1) is 16.9. The number of aromatic nitrogens is 3. The van der Waals surface area contributed by atoms with Crippen LogP contribution in [0.4, 0.5) is 37.0 Å². The highest BCUT2D eigenvalue weighted by Crippen LogP contribution is 2.31. The van der Waals surface area contributed by atoms with Gasteiger partial charge >= 0.3 is 24.3 Å². The molecule has 1 fully saturated rings. The molecule has 4 rings (SSSR count). The van der Waals surface area contributed by atoms with Crippen LogP contribution in [-0.2, 0) is 29.7 Å². The third-order valence-electron chi connectivity index (χ3n) is 5.19. The molecule has 3 heterocycles. The molecule has 0 spiro atoms. The summed E-state index contributed by atoms with van der Waals surface area (Å²) in [5, 5.41) is 6.33. The number of carbonyl (C=O) groups is 1. The van der Waals surface area contributed by atoms with Gasteiger partial charge in [0.2, 0.25) is 5.89 Å². The summed E-state index contributed by atoms with van der Waals surface area (Å²) in [4.78, 5) is 19.3. The van der Waals surface area contributed by atoms with Crippen LogP contribution in [0.15, 0.2) is 46.9 Å². The first-order valence-corrected chi connectivity index (χ1v) is 11.9. The number of pyridine rings is 1. The van der Waals surface area contributed by atoms with Gasteiger partial charge in [-0.05, 0) is 29.8 Å². The molecule has 3 aromatic rings. The summed E-state index contributed by atoms with van der Waals surface area (Å²) in [5.41, 5.74) is -0.553. The third-order valence-corrected chi connectivity index (χ3v) is 6.47. The van der Waals surface area contributed by atoms with Crippen LogP contribution in [0.25, 0.3) is 11.5 Å². The number of carbonyl (C=O) groups excluding carboxylic acids is 1. The Morgan fingerprint density at radius 2 is 1.64 bits per heavy atom. The van der Waals surface area contributed by atoms with Crippen molar-refractivity contribution >= 4 is 22.6 Å². The van der Waals surface area contributed by atoms with Crippen LogP contribution in [0.3, 0.4) is 0 Å². The zero-order chi connectivity index (χ0) is 26.1. The van der Waals surface area contributed by atoms with Crippen LogP contribution >= 0.6 is 0 Å². The lowest BCUT2D eigenvalue weighted by atomic mass is 10.1. The van der Waals surface area contributed by atoms with E-state index in [1.807, 2.05) is 0 Å². The molecule has 0 bridgehead atoms. The van der Waals surface area contributed by atoms with Gasteiger partial charge in [-0.2, -0.15) is 26.3 Å². The van der Waals surface area contributed by atoms with Gasteiger partial charge in [-0.1, -0.05) is 18.2 Å². The fourth-order valence-corrected chi connectivity index (χ4v) is 4.42. The topological polar surface area (TPSA) is 92.4 Å². The highest BCUT2D eigenvalue weighted by atomic mass is 32.2. The molecular formula is C21H17F6N5O3S. The van der Waals surface area contributed by atoms with Crippen molar-refractivity contribution in [2.45, 2.75) is 18.9 Å². The number of amides is 2. The maximum absolute atomic E-state index is 13.2. The molecule has 0 aliphatic carbocycles. The van der Waals surface area contributed by atoms with E-state index in [-0.39, 0.29) is 48.4 Å². The van der Waals surface area contributed by atoms with Crippen LogP contribution < -0.4 is 4.90 Å². The number of hydrogen-bond donors (Lipinski definition) is 0. The van der Waals surface area contributed by atoms with Gasteiger partial charge in [0, 0.05) is 41.0 Å². The molecule has 2 aromatic heterocycles. The molecule has 1 saturated heterocycles. The minimum Gasteiger partial charge on any atom is -0.413 e. The Kier molecular flexibility index (Phi) is 7.02. The summed E-state index contributed by atoms with van der Waals surface area (Å²) in [6, 6.07) is 8.26. The zero-order valence-electron chi connectivity index (χ0n) is 18.2. The molecule has 1 aromatic carbocycles. The van der Waals surface area contributed by atoms with Crippen LogP contribution in [0, 0.1) is 0 Å². The summed E-state index contributed by atoms with van der Waals surface area (Å²) in [7, 11) is -1.08. The zero-order valence-corrected chi connectivity index (χ0v) is 19.0. The third kappa shape index (κ3) is 5.83. The predicted octanol–water partition coefficient (Wildman–Crippen LogP) is 4.36. The Bertz CT molecular complexity index is 1250. The number of rotatable bonds is 4. The Morgan fingerprint density at radius 3 is 2.22 bits per heavy atom. The smallest absolute Gasteiger partial charge is 0.413 e. The molecule has 0 atom stereocenters. The maximum atomic E-state index is 13.2. The first-order valence-electron chi connectivity index (χ1n) is 10.4. The lowest BCUT2D eigenvalue weighted by Crippen LogP contribution is -2.49. The molecule has 0 N–H and O–H groups in total. The number of halogens is 6. The van der Waals surface area contributed by atoms with Crippen molar-refractivity contribution in [2.24, 2.45) is 0 Å². The molecule has 1 aliphatic heterocycles. The van der Waals surface area contributed by atoms with Crippen molar-refractivity contribution in [1.82, 2.24) is 20.1 Å². The van der Waals surface area contributed by atoms with E-state index in [9.17, 15) is 35.3 Å². The fraction of sp³-hybridized carbons (Fsp3) is 0.333. The van der Waals surface area contributed by atoms with Gasteiger partial charge < -0.3 is 9.32 Å². The Hall–Kier alpha value is -3.49. The summed E-state index contributed by atoms with van der Waals surface area (Å²) >= 11 is 0. The molecule has 0 saturated carbocycles. The van der Waals surface area contributed by atoms with E-state index in [2.05, 4.69) is 19.6 Å². The minimum absolute atomic E-state index is 0.165. The monoisotopic (exact) mass is 533 g/mol. The normalized spacial score (nSPS) is 15.2. The van der Waals surface area contributed by atoms with Gasteiger partial charge in [0.25, 0.3) is 0 Å². The van der Waals surface area contributed by atoms with Crippen molar-refractivity contribution in [3.05, 3.63) is 59.6 Å². The SMILES string of the molecule is O=C(N1CCS(=O)CC1)N(Cc1ccc(-c2nnc(C(F)(F)F)o2)cc1)c1cccc(C(F)(F)F)n1. The highest BCUT2D eigenvalue weighted by Gasteiger charge is 2.38. The standard InChI is InChI=1S/C21H17F6N5O3S/c22-20(23,24)15-2-1-3-16(28-15)32(19(33)31-8-10-36(34)11-9-31)12-13-4-6-14(7-5-13)17-29-30-18(35-17)21(25,26)27/h1-7H,8-12H2. The molecule has 0 unspecified atom stereocenters. The molecule has 15 heteroatoms. The lowest BCUT2D eigenvalue weighted by molar-refractivity contribution is -0.157. The average molecular weight is 533 g/mol. The van der Waals surface area contributed by atoms with Gasteiger partial charge in [-0.15, -0.1) is 10.2 Å². The van der Waals surface area contributed by atoms with E-state index in [4.69, 9.17) is 0 Å². The Balaban J connectivity index is 1.61. The van der Waals surface area contributed by atoms with Gasteiger partial charge in [-0.25, -0.2) is 9.78 Å². The van der Waals surface area contributed by atoms with Gasteiger partial charge in [0.15, 0.2) is 0 Å². The molecule has 0 radical (unpaired) electrons. The fourth-order valence-electron chi connectivity index (χ4n) is 3.37. The number of benzene rings is 1. The van der Waals surface area contributed by atoms with Crippen LogP contribution in [0.5, 0.6) is 0 Å². The molecule has 8 nitrogen and oxygen atoms in total. The van der Waals surface area contributed by atoms with Gasteiger partial charge in [0.05, 0.1) is 6.54 Å². The van der Waals surface area contributed by atoms with E-state index in [1.54, 1.807) is 0 Å². The quantitative estimate of drug-likeness (QED) is 0.463. The molecular weight excluding hydrogens is 516 g/mol. The second kappa shape index (κ2) is 9.87. The van der Waals surface area contributed by atoms with Gasteiger partial charge in [-0.3, -0.25) is 9.11 Å².